The quantitative estimate of drug-likeness (QED) is 0.610. The summed E-state index contributed by atoms with van der Waals surface area (Å²) in [5.74, 6) is 1.95. The molecule has 2 N–H and O–H groups in total. The van der Waals surface area contributed by atoms with Gasteiger partial charge >= 0.3 is 0 Å². The van der Waals surface area contributed by atoms with E-state index in [2.05, 4.69) is 39.5 Å². The van der Waals surface area contributed by atoms with Crippen LogP contribution in [0.4, 0.5) is 0 Å². The summed E-state index contributed by atoms with van der Waals surface area (Å²) in [5.41, 5.74) is 0. The molecule has 0 radical (unpaired) electrons. The van der Waals surface area contributed by atoms with Gasteiger partial charge in [-0.15, -0.1) is 11.3 Å². The molecule has 0 bridgehead atoms. The number of nitrogens with zero attached hydrogens (tertiary/aromatic N) is 5. The number of hydrogen-bond acceptors (Lipinski definition) is 5. The molecule has 0 saturated heterocycles. The molecule has 0 aliphatic carbocycles. The standard InChI is InChI=1S/C16H25N7S/c1-3-13-9-19-15(24-13)7-8-18-16(17-4-2)22-12-5-6-14-20-11-21-23(14)10-12/h9,11-12H,3-8,10H2,1-2H3,(H2,17,18,22). The largest absolute Gasteiger partial charge is 0.357 e. The second kappa shape index (κ2) is 8.23. The Morgan fingerprint density at radius 1 is 1.42 bits per heavy atom. The summed E-state index contributed by atoms with van der Waals surface area (Å²) in [4.78, 5) is 14.8. The van der Waals surface area contributed by atoms with Gasteiger partial charge in [-0.3, -0.25) is 4.99 Å². The highest BCUT2D eigenvalue weighted by Crippen LogP contribution is 2.14. The Kier molecular flexibility index (Phi) is 5.79. The van der Waals surface area contributed by atoms with Crippen molar-refractivity contribution in [3.05, 3.63) is 28.2 Å². The van der Waals surface area contributed by atoms with Crippen LogP contribution < -0.4 is 10.6 Å². The third kappa shape index (κ3) is 4.31. The Hall–Kier alpha value is -1.96. The molecule has 3 rings (SSSR count). The molecule has 0 fully saturated rings. The molecule has 0 saturated carbocycles. The number of hydrogen-bond donors (Lipinski definition) is 2. The van der Waals surface area contributed by atoms with Crippen molar-refractivity contribution in [2.45, 2.75) is 52.1 Å². The van der Waals surface area contributed by atoms with Crippen LogP contribution in [-0.4, -0.2) is 44.8 Å². The third-order valence-electron chi connectivity index (χ3n) is 4.04. The number of guanidine groups is 1. The Morgan fingerprint density at radius 2 is 2.33 bits per heavy atom. The van der Waals surface area contributed by atoms with Crippen LogP contribution in [0.15, 0.2) is 17.5 Å². The van der Waals surface area contributed by atoms with Crippen molar-refractivity contribution in [1.82, 2.24) is 30.4 Å². The summed E-state index contributed by atoms with van der Waals surface area (Å²) in [6.45, 7) is 6.68. The fraction of sp³-hybridized carbons (Fsp3) is 0.625. The molecule has 1 unspecified atom stereocenters. The maximum absolute atomic E-state index is 4.70. The minimum absolute atomic E-state index is 0.337. The zero-order chi connectivity index (χ0) is 16.8. The Bertz CT molecular complexity index is 676. The van der Waals surface area contributed by atoms with Gasteiger partial charge in [0.05, 0.1) is 11.6 Å². The molecule has 0 aromatic carbocycles. The second-order valence-corrected chi connectivity index (χ2v) is 7.02. The molecule has 0 spiro atoms. The molecule has 0 amide bonds. The molecule has 130 valence electrons. The number of aromatic nitrogens is 4. The van der Waals surface area contributed by atoms with Crippen LogP contribution >= 0.6 is 11.3 Å². The van der Waals surface area contributed by atoms with Gasteiger partial charge in [0.1, 0.15) is 12.2 Å². The van der Waals surface area contributed by atoms with E-state index < -0.39 is 0 Å². The smallest absolute Gasteiger partial charge is 0.191 e. The van der Waals surface area contributed by atoms with Crippen LogP contribution in [-0.2, 0) is 25.8 Å². The second-order valence-electron chi connectivity index (χ2n) is 5.82. The van der Waals surface area contributed by atoms with E-state index in [4.69, 9.17) is 4.99 Å². The number of thiazole rings is 1. The van der Waals surface area contributed by atoms with E-state index in [1.54, 1.807) is 17.7 Å². The predicted octanol–water partition coefficient (Wildman–Crippen LogP) is 1.41. The lowest BCUT2D eigenvalue weighted by molar-refractivity contribution is 0.393. The van der Waals surface area contributed by atoms with Crippen molar-refractivity contribution in [3.63, 3.8) is 0 Å². The normalized spacial score (nSPS) is 17.6. The number of aliphatic imine (C=N–C) groups is 1. The summed E-state index contributed by atoms with van der Waals surface area (Å²) < 4.78 is 1.98. The van der Waals surface area contributed by atoms with Crippen LogP contribution in [0, 0.1) is 0 Å². The highest BCUT2D eigenvalue weighted by Gasteiger charge is 2.20. The maximum atomic E-state index is 4.70. The molecule has 3 heterocycles. The van der Waals surface area contributed by atoms with Gasteiger partial charge < -0.3 is 10.6 Å². The number of rotatable bonds is 6. The molecule has 1 aliphatic rings. The lowest BCUT2D eigenvalue weighted by Gasteiger charge is -2.25. The summed E-state index contributed by atoms with van der Waals surface area (Å²) in [6, 6.07) is 0.337. The zero-order valence-corrected chi connectivity index (χ0v) is 15.1. The highest BCUT2D eigenvalue weighted by atomic mass is 32.1. The molecule has 2 aromatic rings. The number of fused-ring (bicyclic) bond motifs is 1. The van der Waals surface area contributed by atoms with Crippen LogP contribution in [0.1, 0.15) is 36.0 Å². The van der Waals surface area contributed by atoms with Crippen LogP contribution in [0.5, 0.6) is 0 Å². The average Bonchev–Trinajstić information content (AvgIpc) is 3.23. The molecule has 1 aliphatic heterocycles. The Labute approximate surface area is 146 Å². The minimum Gasteiger partial charge on any atom is -0.357 e. The van der Waals surface area contributed by atoms with Gasteiger partial charge in [-0.1, -0.05) is 6.92 Å². The van der Waals surface area contributed by atoms with Gasteiger partial charge in [0.25, 0.3) is 0 Å². The van der Waals surface area contributed by atoms with Gasteiger partial charge in [0, 0.05) is 43.0 Å². The summed E-state index contributed by atoms with van der Waals surface area (Å²) >= 11 is 1.79. The fourth-order valence-corrected chi connectivity index (χ4v) is 3.61. The van der Waals surface area contributed by atoms with Gasteiger partial charge in [-0.05, 0) is 19.8 Å². The van der Waals surface area contributed by atoms with Gasteiger partial charge in [0.2, 0.25) is 0 Å². The zero-order valence-electron chi connectivity index (χ0n) is 14.3. The fourth-order valence-electron chi connectivity index (χ4n) is 2.76. The van der Waals surface area contributed by atoms with Gasteiger partial charge in [0.15, 0.2) is 5.96 Å². The van der Waals surface area contributed by atoms with Crippen molar-refractivity contribution in [1.29, 1.82) is 0 Å². The first-order valence-electron chi connectivity index (χ1n) is 8.63. The highest BCUT2D eigenvalue weighted by molar-refractivity contribution is 7.11. The summed E-state index contributed by atoms with van der Waals surface area (Å²) in [6.07, 6.45) is 7.56. The van der Waals surface area contributed by atoms with E-state index in [0.29, 0.717) is 6.04 Å². The van der Waals surface area contributed by atoms with Crippen LogP contribution in [0.25, 0.3) is 0 Å². The van der Waals surface area contributed by atoms with E-state index >= 15 is 0 Å². The molecular formula is C16H25N7S. The molecule has 8 heteroatoms. The van der Waals surface area contributed by atoms with Gasteiger partial charge in [-0.25, -0.2) is 14.6 Å². The first kappa shape index (κ1) is 16.9. The van der Waals surface area contributed by atoms with E-state index in [1.165, 1.54) is 4.88 Å². The van der Waals surface area contributed by atoms with Crippen molar-refractivity contribution < 1.29 is 0 Å². The Balaban J connectivity index is 1.54. The SMILES string of the molecule is CCNC(=NCCc1ncc(CC)s1)NC1CCc2ncnn2C1. The number of nitrogens with one attached hydrogen (secondary N) is 2. The van der Waals surface area contributed by atoms with Gasteiger partial charge in [-0.2, -0.15) is 5.10 Å². The topological polar surface area (TPSA) is 80.0 Å². The van der Waals surface area contributed by atoms with Crippen molar-refractivity contribution in [2.75, 3.05) is 13.1 Å². The molecule has 1 atom stereocenters. The predicted molar refractivity (Wildman–Crippen MR) is 96.4 cm³/mol. The Morgan fingerprint density at radius 3 is 3.12 bits per heavy atom. The lowest BCUT2D eigenvalue weighted by Crippen LogP contribution is -2.47. The summed E-state index contributed by atoms with van der Waals surface area (Å²) in [5, 5.41) is 12.3. The van der Waals surface area contributed by atoms with E-state index in [0.717, 1.165) is 62.1 Å². The third-order valence-corrected chi connectivity index (χ3v) is 5.24. The summed E-state index contributed by atoms with van der Waals surface area (Å²) in [7, 11) is 0. The van der Waals surface area contributed by atoms with E-state index in [9.17, 15) is 0 Å². The first-order valence-corrected chi connectivity index (χ1v) is 9.45. The lowest BCUT2D eigenvalue weighted by atomic mass is 10.1. The van der Waals surface area contributed by atoms with Crippen molar-refractivity contribution in [3.8, 4) is 0 Å². The maximum Gasteiger partial charge on any atom is 0.191 e. The molecular weight excluding hydrogens is 322 g/mol. The molecule has 24 heavy (non-hydrogen) atoms. The van der Waals surface area contributed by atoms with Crippen molar-refractivity contribution in [2.24, 2.45) is 4.99 Å². The van der Waals surface area contributed by atoms with Crippen LogP contribution in [0.3, 0.4) is 0 Å². The van der Waals surface area contributed by atoms with E-state index in [1.807, 2.05) is 10.9 Å². The minimum atomic E-state index is 0.337. The van der Waals surface area contributed by atoms with Crippen molar-refractivity contribution >= 4 is 17.3 Å². The molecule has 7 nitrogen and oxygen atoms in total. The average molecular weight is 347 g/mol. The number of aryl methyl sites for hydroxylation is 2. The molecule has 2 aromatic heterocycles. The van der Waals surface area contributed by atoms with E-state index in [-0.39, 0.29) is 0 Å². The first-order chi connectivity index (χ1) is 11.8. The van der Waals surface area contributed by atoms with Crippen LogP contribution in [0.2, 0.25) is 0 Å². The monoisotopic (exact) mass is 347 g/mol.